The summed E-state index contributed by atoms with van der Waals surface area (Å²) in [6.45, 7) is 5.28. The number of rotatable bonds is 4. The smallest absolute Gasteiger partial charge is 0.131 e. The average Bonchev–Trinajstić information content (AvgIpc) is 2.33. The van der Waals surface area contributed by atoms with Gasteiger partial charge in [0.15, 0.2) is 0 Å². The third-order valence-electron chi connectivity index (χ3n) is 3.47. The van der Waals surface area contributed by atoms with E-state index in [1.807, 2.05) is 6.07 Å². The maximum absolute atomic E-state index is 4.29. The number of hydrogen-bond acceptors (Lipinski definition) is 4. The molecule has 4 heteroatoms. The van der Waals surface area contributed by atoms with E-state index in [1.165, 1.54) is 25.7 Å². The Kier molecular flexibility index (Phi) is 4.18. The fraction of sp³-hybridized carbons (Fsp3) is 0.692. The first-order valence-electron chi connectivity index (χ1n) is 6.62. The van der Waals surface area contributed by atoms with Crippen LogP contribution in [-0.2, 0) is 0 Å². The topological polar surface area (TPSA) is 49.8 Å². The molecule has 0 saturated heterocycles. The average molecular weight is 234 g/mol. The Morgan fingerprint density at radius 1 is 1.24 bits per heavy atom. The van der Waals surface area contributed by atoms with Crippen molar-refractivity contribution in [2.45, 2.75) is 45.6 Å². The van der Waals surface area contributed by atoms with E-state index < -0.39 is 0 Å². The fourth-order valence-electron chi connectivity index (χ4n) is 2.43. The van der Waals surface area contributed by atoms with E-state index in [0.717, 1.165) is 24.1 Å². The van der Waals surface area contributed by atoms with E-state index in [0.29, 0.717) is 6.04 Å². The van der Waals surface area contributed by atoms with Crippen LogP contribution in [0.3, 0.4) is 0 Å². The first-order valence-corrected chi connectivity index (χ1v) is 6.62. The molecule has 0 spiro atoms. The van der Waals surface area contributed by atoms with Gasteiger partial charge in [0.1, 0.15) is 18.0 Å². The van der Waals surface area contributed by atoms with Crippen molar-refractivity contribution < 1.29 is 0 Å². The van der Waals surface area contributed by atoms with E-state index in [2.05, 4.69) is 34.4 Å². The first kappa shape index (κ1) is 12.1. The summed E-state index contributed by atoms with van der Waals surface area (Å²) in [5.41, 5.74) is 0. The molecule has 94 valence electrons. The predicted molar refractivity (Wildman–Crippen MR) is 71.2 cm³/mol. The molecule has 2 unspecified atom stereocenters. The SMILES string of the molecule is CCNc1cc(NC2CCCCC2C)ncn1. The minimum absolute atomic E-state index is 0.563. The molecule has 1 fully saturated rings. The van der Waals surface area contributed by atoms with Gasteiger partial charge in [0.05, 0.1) is 0 Å². The fourth-order valence-corrected chi connectivity index (χ4v) is 2.43. The van der Waals surface area contributed by atoms with Gasteiger partial charge in [0, 0.05) is 18.7 Å². The lowest BCUT2D eigenvalue weighted by atomic mass is 9.86. The normalized spacial score (nSPS) is 24.4. The molecule has 17 heavy (non-hydrogen) atoms. The summed E-state index contributed by atoms with van der Waals surface area (Å²) in [6, 6.07) is 2.55. The lowest BCUT2D eigenvalue weighted by Crippen LogP contribution is -2.30. The molecule has 0 aliphatic heterocycles. The Bertz CT molecular complexity index is 353. The molecule has 1 heterocycles. The van der Waals surface area contributed by atoms with Crippen molar-refractivity contribution in [1.82, 2.24) is 9.97 Å². The summed E-state index contributed by atoms with van der Waals surface area (Å²) >= 11 is 0. The van der Waals surface area contributed by atoms with Crippen LogP contribution in [0.25, 0.3) is 0 Å². The Morgan fingerprint density at radius 2 is 2.00 bits per heavy atom. The summed E-state index contributed by atoms with van der Waals surface area (Å²) in [5, 5.41) is 6.74. The highest BCUT2D eigenvalue weighted by atomic mass is 15.1. The molecular weight excluding hydrogens is 212 g/mol. The molecule has 1 aliphatic rings. The minimum Gasteiger partial charge on any atom is -0.370 e. The summed E-state index contributed by atoms with van der Waals surface area (Å²) in [7, 11) is 0. The Labute approximate surface area is 103 Å². The Morgan fingerprint density at radius 3 is 2.76 bits per heavy atom. The van der Waals surface area contributed by atoms with E-state index in [1.54, 1.807) is 6.33 Å². The second-order valence-electron chi connectivity index (χ2n) is 4.83. The maximum atomic E-state index is 4.29. The van der Waals surface area contributed by atoms with Gasteiger partial charge in [0.25, 0.3) is 0 Å². The van der Waals surface area contributed by atoms with Gasteiger partial charge in [-0.2, -0.15) is 0 Å². The van der Waals surface area contributed by atoms with Crippen LogP contribution < -0.4 is 10.6 Å². The van der Waals surface area contributed by atoms with E-state index >= 15 is 0 Å². The molecular formula is C13H22N4. The van der Waals surface area contributed by atoms with Crippen molar-refractivity contribution in [3.8, 4) is 0 Å². The lowest BCUT2D eigenvalue weighted by molar-refractivity contribution is 0.349. The van der Waals surface area contributed by atoms with Crippen LogP contribution in [0.4, 0.5) is 11.6 Å². The molecule has 4 nitrogen and oxygen atoms in total. The summed E-state index contributed by atoms with van der Waals surface area (Å²) in [6.07, 6.45) is 6.89. The number of hydrogen-bond donors (Lipinski definition) is 2. The van der Waals surface area contributed by atoms with Crippen LogP contribution in [0.2, 0.25) is 0 Å². The highest BCUT2D eigenvalue weighted by Gasteiger charge is 2.21. The highest BCUT2D eigenvalue weighted by molar-refractivity contribution is 5.46. The molecule has 2 atom stereocenters. The Hall–Kier alpha value is -1.32. The predicted octanol–water partition coefficient (Wildman–Crippen LogP) is 2.90. The van der Waals surface area contributed by atoms with Crippen LogP contribution in [-0.4, -0.2) is 22.6 Å². The van der Waals surface area contributed by atoms with Gasteiger partial charge in [-0.1, -0.05) is 19.8 Å². The van der Waals surface area contributed by atoms with Gasteiger partial charge in [-0.05, 0) is 25.7 Å². The van der Waals surface area contributed by atoms with Crippen LogP contribution in [0.15, 0.2) is 12.4 Å². The molecule has 1 aromatic rings. The van der Waals surface area contributed by atoms with Crippen molar-refractivity contribution in [2.24, 2.45) is 5.92 Å². The maximum Gasteiger partial charge on any atom is 0.131 e. The van der Waals surface area contributed by atoms with Crippen molar-refractivity contribution in [3.05, 3.63) is 12.4 Å². The third kappa shape index (κ3) is 3.32. The van der Waals surface area contributed by atoms with Gasteiger partial charge >= 0.3 is 0 Å². The van der Waals surface area contributed by atoms with Gasteiger partial charge < -0.3 is 10.6 Å². The molecule has 0 aromatic carbocycles. The van der Waals surface area contributed by atoms with Crippen LogP contribution in [0, 0.1) is 5.92 Å². The molecule has 2 N–H and O–H groups in total. The van der Waals surface area contributed by atoms with Crippen LogP contribution in [0.1, 0.15) is 39.5 Å². The lowest BCUT2D eigenvalue weighted by Gasteiger charge is -2.29. The number of anilines is 2. The molecule has 1 saturated carbocycles. The monoisotopic (exact) mass is 234 g/mol. The number of nitrogens with zero attached hydrogens (tertiary/aromatic N) is 2. The second kappa shape index (κ2) is 5.84. The van der Waals surface area contributed by atoms with Crippen LogP contribution in [0.5, 0.6) is 0 Å². The van der Waals surface area contributed by atoms with E-state index in [9.17, 15) is 0 Å². The minimum atomic E-state index is 0.563. The van der Waals surface area contributed by atoms with Crippen molar-refractivity contribution in [1.29, 1.82) is 0 Å². The first-order chi connectivity index (χ1) is 8.29. The molecule has 0 bridgehead atoms. The quantitative estimate of drug-likeness (QED) is 0.841. The molecule has 0 amide bonds. The van der Waals surface area contributed by atoms with Gasteiger partial charge in [-0.25, -0.2) is 9.97 Å². The Balaban J connectivity index is 1.99. The second-order valence-corrected chi connectivity index (χ2v) is 4.83. The molecule has 2 rings (SSSR count). The summed E-state index contributed by atoms with van der Waals surface area (Å²) in [5.74, 6) is 2.57. The number of aromatic nitrogens is 2. The zero-order valence-corrected chi connectivity index (χ0v) is 10.7. The highest BCUT2D eigenvalue weighted by Crippen LogP contribution is 2.26. The standard InChI is InChI=1S/C13H22N4/c1-3-14-12-8-13(16-9-15-12)17-11-7-5-4-6-10(11)2/h8-11H,3-7H2,1-2H3,(H2,14,15,16,17). The van der Waals surface area contributed by atoms with Crippen LogP contribution >= 0.6 is 0 Å². The summed E-state index contributed by atoms with van der Waals surface area (Å²) < 4.78 is 0. The van der Waals surface area contributed by atoms with Gasteiger partial charge in [-0.3, -0.25) is 0 Å². The van der Waals surface area contributed by atoms with Crippen molar-refractivity contribution >= 4 is 11.6 Å². The summed E-state index contributed by atoms with van der Waals surface area (Å²) in [4.78, 5) is 8.47. The van der Waals surface area contributed by atoms with Crippen molar-refractivity contribution in [3.63, 3.8) is 0 Å². The zero-order chi connectivity index (χ0) is 12.1. The molecule has 1 aliphatic carbocycles. The largest absolute Gasteiger partial charge is 0.370 e. The third-order valence-corrected chi connectivity index (χ3v) is 3.47. The zero-order valence-electron chi connectivity index (χ0n) is 10.7. The van der Waals surface area contributed by atoms with E-state index in [4.69, 9.17) is 0 Å². The van der Waals surface area contributed by atoms with E-state index in [-0.39, 0.29) is 0 Å². The number of nitrogens with one attached hydrogen (secondary N) is 2. The molecule has 0 radical (unpaired) electrons. The van der Waals surface area contributed by atoms with Gasteiger partial charge in [0.2, 0.25) is 0 Å². The van der Waals surface area contributed by atoms with Gasteiger partial charge in [-0.15, -0.1) is 0 Å². The van der Waals surface area contributed by atoms with Crippen molar-refractivity contribution in [2.75, 3.05) is 17.2 Å². The molecule has 1 aromatic heterocycles.